The molecule has 0 radical (unpaired) electrons. The third kappa shape index (κ3) is 4.04. The topological polar surface area (TPSA) is 32.5 Å². The second-order valence-corrected chi connectivity index (χ2v) is 5.31. The third-order valence-electron chi connectivity index (χ3n) is 3.85. The van der Waals surface area contributed by atoms with E-state index in [1.165, 1.54) is 45.3 Å². The summed E-state index contributed by atoms with van der Waals surface area (Å²) in [5.41, 5.74) is 5.94. The summed E-state index contributed by atoms with van der Waals surface area (Å²) in [4.78, 5) is 4.89. The van der Waals surface area contributed by atoms with Crippen LogP contribution < -0.4 is 5.73 Å². The summed E-state index contributed by atoms with van der Waals surface area (Å²) in [6.45, 7) is 6.80. The van der Waals surface area contributed by atoms with Gasteiger partial charge in [-0.2, -0.15) is 0 Å². The number of hydrogen-bond donors (Lipinski definition) is 1. The molecule has 0 aliphatic carbocycles. The Morgan fingerprint density at radius 1 is 1.38 bits per heavy atom. The van der Waals surface area contributed by atoms with Crippen LogP contribution in [0.2, 0.25) is 0 Å². The molecular formula is C13H29N3. The van der Waals surface area contributed by atoms with Crippen molar-refractivity contribution in [2.24, 2.45) is 11.7 Å². The van der Waals surface area contributed by atoms with E-state index in [2.05, 4.69) is 30.8 Å². The number of rotatable bonds is 6. The standard InChI is InChI=1S/C13H29N3/c1-4-12-7-5-9-16(13(12)11-14)10-6-8-15(2)3/h12-13H,4-11,14H2,1-3H3. The van der Waals surface area contributed by atoms with Crippen molar-refractivity contribution in [2.75, 3.05) is 40.3 Å². The smallest absolute Gasteiger partial charge is 0.0246 e. The first-order chi connectivity index (χ1) is 7.69. The zero-order valence-electron chi connectivity index (χ0n) is 11.3. The second-order valence-electron chi connectivity index (χ2n) is 5.31. The molecule has 1 fully saturated rings. The Balaban J connectivity index is 2.37. The van der Waals surface area contributed by atoms with Crippen LogP contribution in [-0.2, 0) is 0 Å². The van der Waals surface area contributed by atoms with Crippen LogP contribution in [0.15, 0.2) is 0 Å². The minimum absolute atomic E-state index is 0.640. The molecule has 2 unspecified atom stereocenters. The van der Waals surface area contributed by atoms with Crippen LogP contribution in [0.4, 0.5) is 0 Å². The van der Waals surface area contributed by atoms with Gasteiger partial charge >= 0.3 is 0 Å². The SMILES string of the molecule is CCC1CCCN(CCCN(C)C)C1CN. The monoisotopic (exact) mass is 227 g/mol. The van der Waals surface area contributed by atoms with E-state index in [1.807, 2.05) is 0 Å². The van der Waals surface area contributed by atoms with Gasteiger partial charge in [0.25, 0.3) is 0 Å². The molecule has 0 amide bonds. The molecule has 1 aliphatic heterocycles. The van der Waals surface area contributed by atoms with Crippen molar-refractivity contribution in [3.63, 3.8) is 0 Å². The fourth-order valence-electron chi connectivity index (χ4n) is 2.90. The Morgan fingerprint density at radius 2 is 2.12 bits per heavy atom. The normalized spacial score (nSPS) is 27.6. The Labute approximate surface area is 101 Å². The average Bonchev–Trinajstić information content (AvgIpc) is 2.28. The Kier molecular flexibility index (Phi) is 6.32. The fourth-order valence-corrected chi connectivity index (χ4v) is 2.90. The molecule has 1 saturated heterocycles. The van der Waals surface area contributed by atoms with Crippen molar-refractivity contribution in [3.05, 3.63) is 0 Å². The lowest BCUT2D eigenvalue weighted by atomic mass is 9.87. The van der Waals surface area contributed by atoms with Crippen LogP contribution in [0.3, 0.4) is 0 Å². The van der Waals surface area contributed by atoms with Crippen molar-refractivity contribution in [2.45, 2.75) is 38.6 Å². The fraction of sp³-hybridized carbons (Fsp3) is 1.00. The first kappa shape index (κ1) is 13.9. The maximum atomic E-state index is 5.94. The minimum atomic E-state index is 0.640. The van der Waals surface area contributed by atoms with Crippen LogP contribution in [0.5, 0.6) is 0 Å². The number of likely N-dealkylation sites (tertiary alicyclic amines) is 1. The maximum absolute atomic E-state index is 5.94. The molecule has 0 spiro atoms. The minimum Gasteiger partial charge on any atom is -0.329 e. The molecule has 3 nitrogen and oxygen atoms in total. The largest absolute Gasteiger partial charge is 0.329 e. The molecule has 1 heterocycles. The lowest BCUT2D eigenvalue weighted by molar-refractivity contribution is 0.0919. The van der Waals surface area contributed by atoms with Gasteiger partial charge in [0, 0.05) is 12.6 Å². The van der Waals surface area contributed by atoms with Crippen molar-refractivity contribution >= 4 is 0 Å². The van der Waals surface area contributed by atoms with Crippen molar-refractivity contribution in [3.8, 4) is 0 Å². The van der Waals surface area contributed by atoms with Crippen molar-refractivity contribution in [1.82, 2.24) is 9.80 Å². The number of nitrogens with zero attached hydrogens (tertiary/aromatic N) is 2. The summed E-state index contributed by atoms with van der Waals surface area (Å²) >= 11 is 0. The van der Waals surface area contributed by atoms with E-state index in [4.69, 9.17) is 5.73 Å². The molecule has 3 heteroatoms. The molecule has 0 aromatic rings. The van der Waals surface area contributed by atoms with Gasteiger partial charge < -0.3 is 10.6 Å². The Bertz CT molecular complexity index is 182. The molecule has 1 aliphatic rings. The maximum Gasteiger partial charge on any atom is 0.0246 e. The third-order valence-corrected chi connectivity index (χ3v) is 3.85. The van der Waals surface area contributed by atoms with Crippen molar-refractivity contribution < 1.29 is 0 Å². The number of hydrogen-bond acceptors (Lipinski definition) is 3. The van der Waals surface area contributed by atoms with Crippen LogP contribution in [0.25, 0.3) is 0 Å². The van der Waals surface area contributed by atoms with Gasteiger partial charge in [0.1, 0.15) is 0 Å². The predicted octanol–water partition coefficient (Wildman–Crippen LogP) is 1.39. The molecule has 2 atom stereocenters. The van der Waals surface area contributed by atoms with Crippen LogP contribution >= 0.6 is 0 Å². The predicted molar refractivity (Wildman–Crippen MR) is 70.6 cm³/mol. The highest BCUT2D eigenvalue weighted by molar-refractivity contribution is 4.84. The number of nitrogens with two attached hydrogens (primary N) is 1. The molecule has 96 valence electrons. The molecule has 0 aromatic heterocycles. The highest BCUT2D eigenvalue weighted by Gasteiger charge is 2.28. The highest BCUT2D eigenvalue weighted by atomic mass is 15.2. The molecular weight excluding hydrogens is 198 g/mol. The van der Waals surface area contributed by atoms with E-state index in [0.29, 0.717) is 6.04 Å². The van der Waals surface area contributed by atoms with Gasteiger partial charge in [-0.3, -0.25) is 4.90 Å². The summed E-state index contributed by atoms with van der Waals surface area (Å²) in [7, 11) is 4.29. The highest BCUT2D eigenvalue weighted by Crippen LogP contribution is 2.25. The summed E-state index contributed by atoms with van der Waals surface area (Å²) in [5.74, 6) is 0.832. The van der Waals surface area contributed by atoms with Gasteiger partial charge in [-0.15, -0.1) is 0 Å². The van der Waals surface area contributed by atoms with Crippen LogP contribution in [0, 0.1) is 5.92 Å². The molecule has 16 heavy (non-hydrogen) atoms. The zero-order chi connectivity index (χ0) is 12.0. The van der Waals surface area contributed by atoms with E-state index >= 15 is 0 Å². The quantitative estimate of drug-likeness (QED) is 0.744. The van der Waals surface area contributed by atoms with Gasteiger partial charge in [-0.25, -0.2) is 0 Å². The van der Waals surface area contributed by atoms with Crippen molar-refractivity contribution in [1.29, 1.82) is 0 Å². The second kappa shape index (κ2) is 7.25. The van der Waals surface area contributed by atoms with Gasteiger partial charge in [0.05, 0.1) is 0 Å². The first-order valence-electron chi connectivity index (χ1n) is 6.77. The van der Waals surface area contributed by atoms with Crippen LogP contribution in [0.1, 0.15) is 32.6 Å². The Hall–Kier alpha value is -0.120. The van der Waals surface area contributed by atoms with Gasteiger partial charge in [-0.1, -0.05) is 13.3 Å². The summed E-state index contributed by atoms with van der Waals surface area (Å²) in [6, 6.07) is 0.640. The van der Waals surface area contributed by atoms with Gasteiger partial charge in [0.15, 0.2) is 0 Å². The summed E-state index contributed by atoms with van der Waals surface area (Å²) in [6.07, 6.45) is 5.28. The summed E-state index contributed by atoms with van der Waals surface area (Å²) < 4.78 is 0. The lowest BCUT2D eigenvalue weighted by Crippen LogP contribution is -2.49. The van der Waals surface area contributed by atoms with E-state index in [-0.39, 0.29) is 0 Å². The van der Waals surface area contributed by atoms with Gasteiger partial charge in [-0.05, 0) is 58.9 Å². The van der Waals surface area contributed by atoms with E-state index < -0.39 is 0 Å². The molecule has 2 N–H and O–H groups in total. The van der Waals surface area contributed by atoms with E-state index in [0.717, 1.165) is 12.5 Å². The zero-order valence-corrected chi connectivity index (χ0v) is 11.3. The lowest BCUT2D eigenvalue weighted by Gasteiger charge is -2.40. The number of piperidine rings is 1. The van der Waals surface area contributed by atoms with E-state index in [1.54, 1.807) is 0 Å². The molecule has 0 aromatic carbocycles. The molecule has 0 saturated carbocycles. The van der Waals surface area contributed by atoms with Gasteiger partial charge in [0.2, 0.25) is 0 Å². The Morgan fingerprint density at radius 3 is 2.69 bits per heavy atom. The molecule has 0 bridgehead atoms. The first-order valence-corrected chi connectivity index (χ1v) is 6.77. The van der Waals surface area contributed by atoms with E-state index in [9.17, 15) is 0 Å². The van der Waals surface area contributed by atoms with Crippen LogP contribution in [-0.4, -0.2) is 56.1 Å². The summed E-state index contributed by atoms with van der Waals surface area (Å²) in [5, 5.41) is 0. The average molecular weight is 227 g/mol. The molecule has 1 rings (SSSR count).